The average Bonchev–Trinajstić information content (AvgIpc) is 3.30. The first-order valence-electron chi connectivity index (χ1n) is 9.86. The number of carbonyl (C=O) groups excluding carboxylic acids is 1. The molecule has 5 rings (SSSR count). The normalized spacial score (nSPS) is 11.0. The second-order valence-corrected chi connectivity index (χ2v) is 7.18. The van der Waals surface area contributed by atoms with Crippen molar-refractivity contribution in [2.45, 2.75) is 6.61 Å². The molecule has 2 heterocycles. The van der Waals surface area contributed by atoms with Gasteiger partial charge in [-0.25, -0.2) is 9.97 Å². The van der Waals surface area contributed by atoms with Gasteiger partial charge in [0.2, 0.25) is 0 Å². The van der Waals surface area contributed by atoms with Gasteiger partial charge in [0.1, 0.15) is 17.9 Å². The minimum absolute atomic E-state index is 0.124. The van der Waals surface area contributed by atoms with Gasteiger partial charge in [-0.1, -0.05) is 24.3 Å². The van der Waals surface area contributed by atoms with Crippen LogP contribution in [-0.2, 0) is 6.61 Å². The summed E-state index contributed by atoms with van der Waals surface area (Å²) in [6.07, 6.45) is 1.39. The van der Waals surface area contributed by atoms with Crippen molar-refractivity contribution in [2.75, 3.05) is 11.9 Å². The SMILES string of the molecule is CN(C(=O)c1ccc(OCc2ccc3ccccc3n2)cc1)c1ccc2ncoc2c1. The van der Waals surface area contributed by atoms with Crippen molar-refractivity contribution in [2.24, 2.45) is 0 Å². The number of hydrogen-bond donors (Lipinski definition) is 0. The third kappa shape index (κ3) is 3.83. The van der Waals surface area contributed by atoms with E-state index in [0.717, 1.165) is 27.8 Å². The van der Waals surface area contributed by atoms with Crippen molar-refractivity contribution in [1.82, 2.24) is 9.97 Å². The molecule has 0 N–H and O–H groups in total. The van der Waals surface area contributed by atoms with Gasteiger partial charge in [0, 0.05) is 29.8 Å². The fourth-order valence-corrected chi connectivity index (χ4v) is 3.40. The number of carbonyl (C=O) groups is 1. The largest absolute Gasteiger partial charge is 0.487 e. The lowest BCUT2D eigenvalue weighted by molar-refractivity contribution is 0.0993. The van der Waals surface area contributed by atoms with E-state index in [2.05, 4.69) is 9.97 Å². The Morgan fingerprint density at radius 2 is 1.81 bits per heavy atom. The molecule has 31 heavy (non-hydrogen) atoms. The lowest BCUT2D eigenvalue weighted by atomic mass is 10.1. The van der Waals surface area contributed by atoms with E-state index in [0.29, 0.717) is 23.5 Å². The van der Waals surface area contributed by atoms with Crippen LogP contribution in [0, 0.1) is 0 Å². The summed E-state index contributed by atoms with van der Waals surface area (Å²) < 4.78 is 11.2. The number of ether oxygens (including phenoxy) is 1. The van der Waals surface area contributed by atoms with Crippen LogP contribution in [0.4, 0.5) is 5.69 Å². The van der Waals surface area contributed by atoms with Gasteiger partial charge in [-0.2, -0.15) is 0 Å². The maximum Gasteiger partial charge on any atom is 0.258 e. The summed E-state index contributed by atoms with van der Waals surface area (Å²) in [5.41, 5.74) is 4.49. The summed E-state index contributed by atoms with van der Waals surface area (Å²) in [5.74, 6) is 0.554. The molecule has 0 saturated heterocycles. The predicted octanol–water partition coefficient (Wildman–Crippen LogP) is 5.23. The molecule has 2 aromatic heterocycles. The van der Waals surface area contributed by atoms with Crippen LogP contribution >= 0.6 is 0 Å². The first-order chi connectivity index (χ1) is 15.2. The minimum Gasteiger partial charge on any atom is -0.487 e. The van der Waals surface area contributed by atoms with Crippen LogP contribution in [0.2, 0.25) is 0 Å². The lowest BCUT2D eigenvalue weighted by Crippen LogP contribution is -2.26. The molecule has 0 saturated carbocycles. The van der Waals surface area contributed by atoms with Gasteiger partial charge in [0.05, 0.1) is 11.2 Å². The smallest absolute Gasteiger partial charge is 0.258 e. The van der Waals surface area contributed by atoms with E-state index < -0.39 is 0 Å². The first-order valence-corrected chi connectivity index (χ1v) is 9.86. The van der Waals surface area contributed by atoms with Crippen LogP contribution in [0.3, 0.4) is 0 Å². The molecule has 0 spiro atoms. The molecule has 6 nitrogen and oxygen atoms in total. The number of aromatic nitrogens is 2. The number of oxazole rings is 1. The second-order valence-electron chi connectivity index (χ2n) is 7.18. The molecule has 152 valence electrons. The van der Waals surface area contributed by atoms with E-state index >= 15 is 0 Å². The third-order valence-electron chi connectivity index (χ3n) is 5.15. The Bertz CT molecular complexity index is 1380. The Balaban J connectivity index is 1.26. The molecule has 0 atom stereocenters. The topological polar surface area (TPSA) is 68.5 Å². The van der Waals surface area contributed by atoms with Crippen LogP contribution in [0.15, 0.2) is 89.7 Å². The fourth-order valence-electron chi connectivity index (χ4n) is 3.40. The Kier molecular flexibility index (Phi) is 4.80. The number of rotatable bonds is 5. The monoisotopic (exact) mass is 409 g/mol. The predicted molar refractivity (Wildman–Crippen MR) is 119 cm³/mol. The molecule has 0 aliphatic heterocycles. The molecule has 1 amide bonds. The first kappa shape index (κ1) is 18.8. The van der Waals surface area contributed by atoms with E-state index in [1.165, 1.54) is 6.39 Å². The molecule has 3 aromatic carbocycles. The van der Waals surface area contributed by atoms with Gasteiger partial charge in [-0.3, -0.25) is 4.79 Å². The zero-order valence-corrected chi connectivity index (χ0v) is 16.9. The van der Waals surface area contributed by atoms with Crippen molar-refractivity contribution >= 4 is 33.6 Å². The number of para-hydroxylation sites is 1. The summed E-state index contributed by atoms with van der Waals surface area (Å²) in [6.45, 7) is 0.356. The van der Waals surface area contributed by atoms with Crippen molar-refractivity contribution in [1.29, 1.82) is 0 Å². The summed E-state index contributed by atoms with van der Waals surface area (Å²) >= 11 is 0. The van der Waals surface area contributed by atoms with Crippen molar-refractivity contribution < 1.29 is 13.9 Å². The fraction of sp³-hybridized carbons (Fsp3) is 0.0800. The summed E-state index contributed by atoms with van der Waals surface area (Å²) in [6, 6.07) is 24.5. The van der Waals surface area contributed by atoms with E-state index in [9.17, 15) is 4.79 Å². The standard InChI is InChI=1S/C25H19N3O3/c1-28(20-10-13-23-24(14-20)31-16-26-23)25(29)18-7-11-21(12-8-18)30-15-19-9-6-17-4-2-3-5-22(17)27-19/h2-14,16H,15H2,1H3. The molecular formula is C25H19N3O3. The zero-order valence-electron chi connectivity index (χ0n) is 16.9. The Labute approximate surface area is 178 Å². The zero-order chi connectivity index (χ0) is 21.2. The van der Waals surface area contributed by atoms with E-state index in [4.69, 9.17) is 9.15 Å². The number of benzene rings is 3. The molecule has 0 aliphatic carbocycles. The Morgan fingerprint density at radius 3 is 2.68 bits per heavy atom. The van der Waals surface area contributed by atoms with E-state index in [1.54, 1.807) is 42.3 Å². The summed E-state index contributed by atoms with van der Waals surface area (Å²) in [7, 11) is 1.73. The highest BCUT2D eigenvalue weighted by Gasteiger charge is 2.15. The van der Waals surface area contributed by atoms with Gasteiger partial charge in [0.25, 0.3) is 5.91 Å². The number of amides is 1. The van der Waals surface area contributed by atoms with Crippen LogP contribution < -0.4 is 9.64 Å². The average molecular weight is 409 g/mol. The van der Waals surface area contributed by atoms with Crippen LogP contribution in [0.1, 0.15) is 16.1 Å². The van der Waals surface area contributed by atoms with Gasteiger partial charge >= 0.3 is 0 Å². The van der Waals surface area contributed by atoms with Crippen LogP contribution in [-0.4, -0.2) is 22.9 Å². The van der Waals surface area contributed by atoms with Gasteiger partial charge in [-0.05, 0) is 48.5 Å². The molecule has 6 heteroatoms. The van der Waals surface area contributed by atoms with E-state index in [1.807, 2.05) is 48.5 Å². The maximum absolute atomic E-state index is 12.9. The number of anilines is 1. The highest BCUT2D eigenvalue weighted by Crippen LogP contribution is 2.23. The summed E-state index contributed by atoms with van der Waals surface area (Å²) in [4.78, 5) is 23.2. The van der Waals surface area contributed by atoms with Crippen molar-refractivity contribution in [3.05, 3.63) is 96.5 Å². The van der Waals surface area contributed by atoms with E-state index in [-0.39, 0.29) is 5.91 Å². The molecule has 0 aliphatic rings. The van der Waals surface area contributed by atoms with Crippen molar-refractivity contribution in [3.63, 3.8) is 0 Å². The maximum atomic E-state index is 12.9. The quantitative estimate of drug-likeness (QED) is 0.397. The Morgan fingerprint density at radius 1 is 0.968 bits per heavy atom. The number of hydrogen-bond acceptors (Lipinski definition) is 5. The van der Waals surface area contributed by atoms with Crippen LogP contribution in [0.5, 0.6) is 5.75 Å². The Hall–Kier alpha value is -4.19. The molecule has 0 unspecified atom stereocenters. The molecular weight excluding hydrogens is 390 g/mol. The van der Waals surface area contributed by atoms with Crippen molar-refractivity contribution in [3.8, 4) is 5.75 Å². The third-order valence-corrected chi connectivity index (χ3v) is 5.15. The van der Waals surface area contributed by atoms with Crippen LogP contribution in [0.25, 0.3) is 22.0 Å². The van der Waals surface area contributed by atoms with Gasteiger partial charge < -0.3 is 14.1 Å². The highest BCUT2D eigenvalue weighted by atomic mass is 16.5. The number of nitrogens with zero attached hydrogens (tertiary/aromatic N) is 3. The summed E-state index contributed by atoms with van der Waals surface area (Å²) in [5, 5.41) is 1.10. The number of pyridine rings is 1. The molecule has 0 fully saturated rings. The lowest BCUT2D eigenvalue weighted by Gasteiger charge is -2.17. The number of fused-ring (bicyclic) bond motifs is 2. The molecule has 0 radical (unpaired) electrons. The molecule has 0 bridgehead atoms. The van der Waals surface area contributed by atoms with Gasteiger partial charge in [-0.15, -0.1) is 0 Å². The second kappa shape index (κ2) is 7.91. The minimum atomic E-state index is -0.124. The van der Waals surface area contributed by atoms with Gasteiger partial charge in [0.15, 0.2) is 12.0 Å². The molecule has 5 aromatic rings. The highest BCUT2D eigenvalue weighted by molar-refractivity contribution is 6.06.